The number of nitro groups is 1. The van der Waals surface area contributed by atoms with Crippen LogP contribution >= 0.6 is 0 Å². The number of rotatable bonds is 1. The fourth-order valence-electron chi connectivity index (χ4n) is 0.299. The Morgan fingerprint density at radius 2 is 2.50 bits per heavy atom. The van der Waals surface area contributed by atoms with Crippen molar-refractivity contribution in [2.75, 3.05) is 0 Å². The molecule has 42 valence electrons. The third-order valence-corrected chi connectivity index (χ3v) is 0.638. The molecule has 0 saturated heterocycles. The van der Waals surface area contributed by atoms with Crippen molar-refractivity contribution in [2.45, 2.75) is 6.17 Å². The van der Waals surface area contributed by atoms with Crippen LogP contribution < -0.4 is 0 Å². The first kappa shape index (κ1) is 4.82. The second kappa shape index (κ2) is 1.65. The van der Waals surface area contributed by atoms with E-state index in [4.69, 9.17) is 0 Å². The van der Waals surface area contributed by atoms with Crippen LogP contribution in [0.3, 0.4) is 0 Å². The van der Waals surface area contributed by atoms with Crippen LogP contribution in [-0.2, 0) is 0 Å². The van der Waals surface area contributed by atoms with Crippen LogP contribution in [0.5, 0.6) is 0 Å². The molecular formula is C2H2N4O2. The quantitative estimate of drug-likeness (QED) is 0.356. The van der Waals surface area contributed by atoms with Crippen molar-refractivity contribution < 1.29 is 4.92 Å². The van der Waals surface area contributed by atoms with E-state index in [2.05, 4.69) is 15.4 Å². The first-order valence-corrected chi connectivity index (χ1v) is 1.87. The van der Waals surface area contributed by atoms with Gasteiger partial charge in [0.05, 0.1) is 4.92 Å². The van der Waals surface area contributed by atoms with E-state index in [9.17, 15) is 10.1 Å². The molecule has 0 spiro atoms. The highest BCUT2D eigenvalue weighted by molar-refractivity contribution is 5.62. The topological polar surface area (TPSA) is 80.2 Å². The molecule has 0 saturated carbocycles. The smallest absolute Gasteiger partial charge is 0.262 e. The summed E-state index contributed by atoms with van der Waals surface area (Å²) in [4.78, 5) is 9.19. The minimum atomic E-state index is -1.05. The molecule has 0 aromatic heterocycles. The summed E-state index contributed by atoms with van der Waals surface area (Å²) in [6.45, 7) is 0. The van der Waals surface area contributed by atoms with E-state index in [1.807, 2.05) is 0 Å². The zero-order valence-corrected chi connectivity index (χ0v) is 3.76. The van der Waals surface area contributed by atoms with E-state index in [-0.39, 0.29) is 0 Å². The second-order valence-corrected chi connectivity index (χ2v) is 1.17. The van der Waals surface area contributed by atoms with Crippen molar-refractivity contribution in [1.82, 2.24) is 0 Å². The van der Waals surface area contributed by atoms with Gasteiger partial charge in [-0.3, -0.25) is 10.1 Å². The summed E-state index contributed by atoms with van der Waals surface area (Å²) in [6, 6.07) is 0. The summed E-state index contributed by atoms with van der Waals surface area (Å²) in [5, 5.41) is 19.1. The fourth-order valence-corrected chi connectivity index (χ4v) is 0.299. The summed E-state index contributed by atoms with van der Waals surface area (Å²) >= 11 is 0. The molecule has 1 rings (SSSR count). The van der Waals surface area contributed by atoms with Crippen LogP contribution in [0.25, 0.3) is 0 Å². The van der Waals surface area contributed by atoms with Crippen LogP contribution in [0.1, 0.15) is 0 Å². The third kappa shape index (κ3) is 0.673. The zero-order valence-electron chi connectivity index (χ0n) is 3.76. The molecule has 1 atom stereocenters. The predicted octanol–water partition coefficient (Wildman–Crippen LogP) is 0.0408. The van der Waals surface area contributed by atoms with Crippen molar-refractivity contribution >= 4 is 6.21 Å². The van der Waals surface area contributed by atoms with E-state index in [0.29, 0.717) is 0 Å². The van der Waals surface area contributed by atoms with E-state index in [0.717, 1.165) is 6.21 Å². The van der Waals surface area contributed by atoms with Crippen LogP contribution in [0.15, 0.2) is 15.4 Å². The van der Waals surface area contributed by atoms with Crippen LogP contribution in [0.4, 0.5) is 0 Å². The maximum Gasteiger partial charge on any atom is 0.359 e. The molecule has 0 N–H and O–H groups in total. The molecule has 0 bridgehead atoms. The van der Waals surface area contributed by atoms with Crippen molar-refractivity contribution in [3.05, 3.63) is 10.1 Å². The van der Waals surface area contributed by atoms with E-state index >= 15 is 0 Å². The Morgan fingerprint density at radius 3 is 2.75 bits per heavy atom. The molecule has 0 aromatic carbocycles. The highest BCUT2D eigenvalue weighted by Gasteiger charge is 2.17. The molecule has 0 aliphatic carbocycles. The van der Waals surface area contributed by atoms with Gasteiger partial charge in [-0.05, 0) is 5.22 Å². The lowest BCUT2D eigenvalue weighted by Crippen LogP contribution is -2.14. The maximum absolute atomic E-state index is 9.76. The van der Waals surface area contributed by atoms with Gasteiger partial charge in [-0.2, -0.15) is 0 Å². The predicted molar refractivity (Wildman–Crippen MR) is 24.1 cm³/mol. The average Bonchev–Trinajstić information content (AvgIpc) is 2.12. The molecular weight excluding hydrogens is 112 g/mol. The standard InChI is InChI=1S/C2H2N4O2/c7-6(8)2-1-3-5-4-2/h1-2H. The van der Waals surface area contributed by atoms with Crippen LogP contribution in [-0.4, -0.2) is 17.3 Å². The number of hydrogen-bond acceptors (Lipinski definition) is 5. The number of hydrogen-bond donors (Lipinski definition) is 0. The van der Waals surface area contributed by atoms with Crippen molar-refractivity contribution in [1.29, 1.82) is 0 Å². The minimum absolute atomic E-state index is 0.569. The molecule has 1 heterocycles. The summed E-state index contributed by atoms with van der Waals surface area (Å²) in [6.07, 6.45) is 0.0231. The molecule has 6 nitrogen and oxygen atoms in total. The molecule has 0 aromatic rings. The molecule has 0 amide bonds. The van der Waals surface area contributed by atoms with Gasteiger partial charge in [0.15, 0.2) is 0 Å². The summed E-state index contributed by atoms with van der Waals surface area (Å²) in [5.74, 6) is 0. The molecule has 1 aliphatic heterocycles. The van der Waals surface area contributed by atoms with E-state index in [1.165, 1.54) is 0 Å². The Morgan fingerprint density at radius 1 is 1.75 bits per heavy atom. The fraction of sp³-hybridized carbons (Fsp3) is 0.500. The lowest BCUT2D eigenvalue weighted by Gasteiger charge is -1.85. The molecule has 0 radical (unpaired) electrons. The van der Waals surface area contributed by atoms with Crippen LogP contribution in [0.2, 0.25) is 0 Å². The lowest BCUT2D eigenvalue weighted by atomic mass is 10.6. The Hall–Kier alpha value is -1.33. The Kier molecular flexibility index (Phi) is 0.991. The highest BCUT2D eigenvalue weighted by atomic mass is 16.6. The maximum atomic E-state index is 9.76. The van der Waals surface area contributed by atoms with Crippen molar-refractivity contribution in [3.8, 4) is 0 Å². The minimum Gasteiger partial charge on any atom is -0.262 e. The number of nitrogens with zero attached hydrogens (tertiary/aromatic N) is 4. The lowest BCUT2D eigenvalue weighted by molar-refractivity contribution is -0.499. The van der Waals surface area contributed by atoms with Crippen molar-refractivity contribution in [3.63, 3.8) is 0 Å². The Bertz CT molecular complexity index is 149. The van der Waals surface area contributed by atoms with Gasteiger partial charge in [0, 0.05) is 0 Å². The molecule has 8 heavy (non-hydrogen) atoms. The zero-order chi connectivity index (χ0) is 5.98. The van der Waals surface area contributed by atoms with Crippen LogP contribution in [0, 0.1) is 10.1 Å². The van der Waals surface area contributed by atoms with Gasteiger partial charge >= 0.3 is 6.17 Å². The van der Waals surface area contributed by atoms with Gasteiger partial charge in [-0.25, -0.2) is 0 Å². The van der Waals surface area contributed by atoms with Gasteiger partial charge in [0.1, 0.15) is 6.21 Å². The summed E-state index contributed by atoms with van der Waals surface area (Å²) in [7, 11) is 0. The first-order chi connectivity index (χ1) is 3.80. The molecule has 6 heteroatoms. The highest BCUT2D eigenvalue weighted by Crippen LogP contribution is 1.96. The summed E-state index contributed by atoms with van der Waals surface area (Å²) < 4.78 is 0. The normalized spacial score (nSPS) is 24.2. The third-order valence-electron chi connectivity index (χ3n) is 0.638. The van der Waals surface area contributed by atoms with Gasteiger partial charge in [0.25, 0.3) is 0 Å². The molecule has 0 fully saturated rings. The monoisotopic (exact) mass is 114 g/mol. The van der Waals surface area contributed by atoms with Gasteiger partial charge < -0.3 is 0 Å². The first-order valence-electron chi connectivity index (χ1n) is 1.87. The molecule has 1 unspecified atom stereocenters. The summed E-state index contributed by atoms with van der Waals surface area (Å²) in [5.41, 5.74) is 0. The SMILES string of the molecule is O=[N+]([O-])C1C=NN=N1. The van der Waals surface area contributed by atoms with Gasteiger partial charge in [-0.15, -0.1) is 5.10 Å². The Balaban J connectivity index is 2.62. The van der Waals surface area contributed by atoms with E-state index in [1.54, 1.807) is 0 Å². The van der Waals surface area contributed by atoms with Crippen molar-refractivity contribution in [2.24, 2.45) is 15.4 Å². The largest absolute Gasteiger partial charge is 0.359 e. The average molecular weight is 114 g/mol. The Labute approximate surface area is 44.1 Å². The molecule has 1 aliphatic rings. The van der Waals surface area contributed by atoms with E-state index < -0.39 is 11.1 Å². The van der Waals surface area contributed by atoms with Gasteiger partial charge in [0.2, 0.25) is 0 Å². The second-order valence-electron chi connectivity index (χ2n) is 1.17. The van der Waals surface area contributed by atoms with Gasteiger partial charge in [-0.1, -0.05) is 5.11 Å².